The standard InChI is InChI=1S/C27H30N4O2/c1-20(2)21-10-12-23(13-11-21)33-18-6-17-31-25-9-4-3-8-24(25)30-26(31)14-16-29-27(32)22-7-5-15-28-19-22/h3-5,7-13,15,19-20H,6,14,16-18H2,1-2H3,(H,29,32). The molecule has 33 heavy (non-hydrogen) atoms. The molecule has 4 aromatic rings. The van der Waals surface area contributed by atoms with Crippen LogP contribution in [0.3, 0.4) is 0 Å². The number of aromatic nitrogens is 3. The number of ether oxygens (including phenoxy) is 1. The lowest BCUT2D eigenvalue weighted by Gasteiger charge is -2.12. The van der Waals surface area contributed by atoms with E-state index in [2.05, 4.69) is 46.9 Å². The van der Waals surface area contributed by atoms with Crippen molar-refractivity contribution in [2.45, 2.75) is 39.2 Å². The van der Waals surface area contributed by atoms with Crippen molar-refractivity contribution >= 4 is 16.9 Å². The minimum Gasteiger partial charge on any atom is -0.494 e. The summed E-state index contributed by atoms with van der Waals surface area (Å²) in [6, 6.07) is 20.0. The van der Waals surface area contributed by atoms with E-state index in [1.54, 1.807) is 24.5 Å². The second-order valence-electron chi connectivity index (χ2n) is 8.34. The summed E-state index contributed by atoms with van der Waals surface area (Å²) < 4.78 is 8.19. The number of imidazole rings is 1. The molecule has 0 saturated carbocycles. The van der Waals surface area contributed by atoms with E-state index in [1.807, 2.05) is 30.3 Å². The number of nitrogens with zero attached hydrogens (tertiary/aromatic N) is 3. The van der Waals surface area contributed by atoms with Gasteiger partial charge in [0.1, 0.15) is 11.6 Å². The Balaban J connectivity index is 1.35. The Bertz CT molecular complexity index is 1180. The summed E-state index contributed by atoms with van der Waals surface area (Å²) in [6.45, 7) is 6.32. The smallest absolute Gasteiger partial charge is 0.252 e. The van der Waals surface area contributed by atoms with Crippen LogP contribution in [0.25, 0.3) is 11.0 Å². The third-order valence-corrected chi connectivity index (χ3v) is 5.63. The first-order valence-electron chi connectivity index (χ1n) is 11.5. The number of nitrogens with one attached hydrogen (secondary N) is 1. The quantitative estimate of drug-likeness (QED) is 0.351. The Hall–Kier alpha value is -3.67. The van der Waals surface area contributed by atoms with Gasteiger partial charge in [-0.05, 0) is 54.3 Å². The third-order valence-electron chi connectivity index (χ3n) is 5.63. The highest BCUT2D eigenvalue weighted by atomic mass is 16.5. The molecule has 0 spiro atoms. The van der Waals surface area contributed by atoms with Crippen molar-refractivity contribution in [3.63, 3.8) is 0 Å². The van der Waals surface area contributed by atoms with E-state index in [-0.39, 0.29) is 5.91 Å². The lowest BCUT2D eigenvalue weighted by molar-refractivity contribution is 0.0953. The van der Waals surface area contributed by atoms with Crippen LogP contribution in [0.5, 0.6) is 5.75 Å². The average Bonchev–Trinajstić information content (AvgIpc) is 3.20. The predicted octanol–water partition coefficient (Wildman–Crippen LogP) is 5.00. The first kappa shape index (κ1) is 22.5. The zero-order valence-electron chi connectivity index (χ0n) is 19.2. The summed E-state index contributed by atoms with van der Waals surface area (Å²) in [5, 5.41) is 2.96. The third kappa shape index (κ3) is 5.77. The summed E-state index contributed by atoms with van der Waals surface area (Å²) in [6.07, 6.45) is 4.74. The van der Waals surface area contributed by atoms with E-state index < -0.39 is 0 Å². The molecule has 0 unspecified atom stereocenters. The molecule has 0 atom stereocenters. The van der Waals surface area contributed by atoms with Gasteiger partial charge >= 0.3 is 0 Å². The molecule has 1 amide bonds. The summed E-state index contributed by atoms with van der Waals surface area (Å²) in [5.41, 5.74) is 3.95. The van der Waals surface area contributed by atoms with Gasteiger partial charge in [-0.15, -0.1) is 0 Å². The van der Waals surface area contributed by atoms with Crippen LogP contribution in [0.2, 0.25) is 0 Å². The van der Waals surface area contributed by atoms with Crippen LogP contribution in [0, 0.1) is 0 Å². The van der Waals surface area contributed by atoms with Crippen molar-refractivity contribution < 1.29 is 9.53 Å². The molecular weight excluding hydrogens is 412 g/mol. The normalized spacial score (nSPS) is 11.1. The van der Waals surface area contributed by atoms with Gasteiger partial charge in [0.15, 0.2) is 0 Å². The van der Waals surface area contributed by atoms with Gasteiger partial charge in [-0.25, -0.2) is 4.98 Å². The summed E-state index contributed by atoms with van der Waals surface area (Å²) in [5.74, 6) is 2.25. The number of hydrogen-bond acceptors (Lipinski definition) is 4. The molecular formula is C27H30N4O2. The fraction of sp³-hybridized carbons (Fsp3) is 0.296. The number of amides is 1. The molecule has 2 aromatic carbocycles. The zero-order chi connectivity index (χ0) is 23.0. The minimum atomic E-state index is -0.123. The molecule has 2 aromatic heterocycles. The Labute approximate surface area is 194 Å². The predicted molar refractivity (Wildman–Crippen MR) is 131 cm³/mol. The molecule has 6 nitrogen and oxygen atoms in total. The maximum Gasteiger partial charge on any atom is 0.252 e. The number of carbonyl (C=O) groups is 1. The van der Waals surface area contributed by atoms with Crippen LogP contribution in [0.4, 0.5) is 0 Å². The van der Waals surface area contributed by atoms with Crippen molar-refractivity contribution in [2.24, 2.45) is 0 Å². The zero-order valence-corrected chi connectivity index (χ0v) is 19.2. The van der Waals surface area contributed by atoms with Gasteiger partial charge in [-0.1, -0.05) is 38.1 Å². The Morgan fingerprint density at radius 2 is 1.88 bits per heavy atom. The highest BCUT2D eigenvalue weighted by molar-refractivity contribution is 5.93. The molecule has 6 heteroatoms. The van der Waals surface area contributed by atoms with Crippen molar-refractivity contribution in [3.05, 3.63) is 90.0 Å². The maximum absolute atomic E-state index is 12.3. The topological polar surface area (TPSA) is 69.0 Å². The number of pyridine rings is 1. The molecule has 0 saturated heterocycles. The van der Waals surface area contributed by atoms with Crippen molar-refractivity contribution in [1.82, 2.24) is 19.9 Å². The van der Waals surface area contributed by atoms with Crippen LogP contribution < -0.4 is 10.1 Å². The van der Waals surface area contributed by atoms with Crippen molar-refractivity contribution in [2.75, 3.05) is 13.2 Å². The van der Waals surface area contributed by atoms with Gasteiger partial charge in [0, 0.05) is 31.9 Å². The fourth-order valence-electron chi connectivity index (χ4n) is 3.81. The number of fused-ring (bicyclic) bond motifs is 1. The van der Waals surface area contributed by atoms with Crippen LogP contribution >= 0.6 is 0 Å². The molecule has 0 aliphatic rings. The van der Waals surface area contributed by atoms with Crippen LogP contribution in [-0.4, -0.2) is 33.6 Å². The van der Waals surface area contributed by atoms with Gasteiger partial charge < -0.3 is 14.6 Å². The lowest BCUT2D eigenvalue weighted by Crippen LogP contribution is -2.26. The molecule has 0 fully saturated rings. The van der Waals surface area contributed by atoms with E-state index in [0.717, 1.165) is 35.6 Å². The van der Waals surface area contributed by atoms with Crippen molar-refractivity contribution in [3.8, 4) is 5.75 Å². The minimum absolute atomic E-state index is 0.123. The van der Waals surface area contributed by atoms with E-state index >= 15 is 0 Å². The first-order chi connectivity index (χ1) is 16.1. The maximum atomic E-state index is 12.3. The number of para-hydroxylation sites is 2. The molecule has 4 rings (SSSR count). The highest BCUT2D eigenvalue weighted by Gasteiger charge is 2.11. The van der Waals surface area contributed by atoms with Crippen LogP contribution in [0.1, 0.15) is 47.9 Å². The van der Waals surface area contributed by atoms with Crippen LogP contribution in [-0.2, 0) is 13.0 Å². The van der Waals surface area contributed by atoms with E-state index in [1.165, 1.54) is 5.56 Å². The van der Waals surface area contributed by atoms with Gasteiger partial charge in [0.05, 0.1) is 23.2 Å². The SMILES string of the molecule is CC(C)c1ccc(OCCCn2c(CCNC(=O)c3cccnc3)nc3ccccc32)cc1. The van der Waals surface area contributed by atoms with Crippen LogP contribution in [0.15, 0.2) is 73.1 Å². The molecule has 0 radical (unpaired) electrons. The Morgan fingerprint density at radius 1 is 1.06 bits per heavy atom. The largest absolute Gasteiger partial charge is 0.494 e. The average molecular weight is 443 g/mol. The summed E-state index contributed by atoms with van der Waals surface area (Å²) >= 11 is 0. The number of hydrogen-bond donors (Lipinski definition) is 1. The van der Waals surface area contributed by atoms with Crippen molar-refractivity contribution in [1.29, 1.82) is 0 Å². The highest BCUT2D eigenvalue weighted by Crippen LogP contribution is 2.20. The molecule has 0 aliphatic carbocycles. The second-order valence-corrected chi connectivity index (χ2v) is 8.34. The first-order valence-corrected chi connectivity index (χ1v) is 11.5. The number of aryl methyl sites for hydroxylation is 1. The lowest BCUT2D eigenvalue weighted by atomic mass is 10.0. The fourth-order valence-corrected chi connectivity index (χ4v) is 3.81. The van der Waals surface area contributed by atoms with E-state index in [9.17, 15) is 4.79 Å². The molecule has 170 valence electrons. The van der Waals surface area contributed by atoms with Gasteiger partial charge in [-0.2, -0.15) is 0 Å². The number of carbonyl (C=O) groups excluding carboxylic acids is 1. The van der Waals surface area contributed by atoms with Gasteiger partial charge in [0.25, 0.3) is 5.91 Å². The van der Waals surface area contributed by atoms with Gasteiger partial charge in [0.2, 0.25) is 0 Å². The molecule has 0 bridgehead atoms. The number of rotatable bonds is 10. The van der Waals surface area contributed by atoms with Gasteiger partial charge in [-0.3, -0.25) is 9.78 Å². The molecule has 2 heterocycles. The second kappa shape index (κ2) is 10.8. The van der Waals surface area contributed by atoms with E-state index in [0.29, 0.717) is 31.1 Å². The Morgan fingerprint density at radius 3 is 2.64 bits per heavy atom. The number of benzene rings is 2. The summed E-state index contributed by atoms with van der Waals surface area (Å²) in [7, 11) is 0. The molecule has 1 N–H and O–H groups in total. The molecule has 0 aliphatic heterocycles. The van der Waals surface area contributed by atoms with E-state index in [4.69, 9.17) is 9.72 Å². The Kier molecular flexibility index (Phi) is 7.35. The summed E-state index contributed by atoms with van der Waals surface area (Å²) in [4.78, 5) is 21.1. The monoisotopic (exact) mass is 442 g/mol.